The van der Waals surface area contributed by atoms with Gasteiger partial charge < -0.3 is 9.47 Å². The van der Waals surface area contributed by atoms with E-state index in [0.29, 0.717) is 28.9 Å². The molecule has 8 heterocycles. The Bertz CT molecular complexity index is 4360. The maximum Gasteiger partial charge on any atom is 0.234 e. The van der Waals surface area contributed by atoms with E-state index in [1.807, 2.05) is 104 Å². The molecule has 11 heteroatoms. The molecule has 0 aliphatic carbocycles. The highest BCUT2D eigenvalue weighted by Gasteiger charge is 2.21. The molecule has 0 atom stereocenters. The second-order valence-electron chi connectivity index (χ2n) is 17.8. The zero-order valence-electron chi connectivity index (χ0n) is 38.2. The Balaban J connectivity index is 0.871. The van der Waals surface area contributed by atoms with E-state index in [1.165, 1.54) is 0 Å². The van der Waals surface area contributed by atoms with Crippen molar-refractivity contribution in [1.29, 1.82) is 0 Å². The van der Waals surface area contributed by atoms with Crippen molar-refractivity contribution in [2.75, 3.05) is 0 Å². The normalized spacial score (nSPS) is 11.9. The van der Waals surface area contributed by atoms with Gasteiger partial charge in [0.25, 0.3) is 0 Å². The van der Waals surface area contributed by atoms with Crippen LogP contribution in [0.5, 0.6) is 23.0 Å². The van der Waals surface area contributed by atoms with Crippen LogP contribution in [0, 0.1) is 0 Å². The second-order valence-corrected chi connectivity index (χ2v) is 17.8. The third-order valence-corrected chi connectivity index (χ3v) is 13.7. The van der Waals surface area contributed by atoms with Gasteiger partial charge in [0.15, 0.2) is 0 Å². The van der Waals surface area contributed by atoms with Crippen molar-refractivity contribution in [3.8, 4) is 46.3 Å². The Morgan fingerprint density at radius 2 is 0.653 bits per heavy atom. The summed E-state index contributed by atoms with van der Waals surface area (Å²) in [5.74, 6) is 4.87. The highest BCUT2D eigenvalue weighted by molar-refractivity contribution is 6.12. The summed E-state index contributed by atoms with van der Waals surface area (Å²) in [5, 5.41) is 8.72. The van der Waals surface area contributed by atoms with Crippen molar-refractivity contribution in [1.82, 2.24) is 43.2 Å². The number of benzene rings is 7. The van der Waals surface area contributed by atoms with E-state index in [2.05, 4.69) is 140 Å². The quantitative estimate of drug-likeness (QED) is 0.149. The average Bonchev–Trinajstić information content (AvgIpc) is 4.16. The van der Waals surface area contributed by atoms with Crippen molar-refractivity contribution in [3.63, 3.8) is 0 Å². The maximum absolute atomic E-state index is 6.79. The second kappa shape index (κ2) is 15.7. The number of hydrogen-bond donors (Lipinski definition) is 0. The SMILES string of the molecule is c1ccc(-n2c3ccccc3c3ccc(Oc4ccc5c6ccc(Oc7ccc8c9ccccc9n(-c9ccccn9)c8c7)cc6n(-c6ncc(-n7c8ccccc8c8cccnc87)cn6)c5c4)cc32)nc1. The molecule has 8 aromatic heterocycles. The molecule has 15 aromatic rings. The first-order valence-electron chi connectivity index (χ1n) is 23.7. The topological polar surface area (TPSA) is 103 Å². The summed E-state index contributed by atoms with van der Waals surface area (Å²) in [6.45, 7) is 0. The van der Waals surface area contributed by atoms with Gasteiger partial charge in [-0.2, -0.15) is 0 Å². The smallest absolute Gasteiger partial charge is 0.234 e. The number of rotatable bonds is 8. The van der Waals surface area contributed by atoms with Crippen LogP contribution in [0.25, 0.3) is 111 Å². The third-order valence-electron chi connectivity index (χ3n) is 13.7. The Labute approximate surface area is 409 Å². The molecule has 0 aliphatic heterocycles. The lowest BCUT2D eigenvalue weighted by atomic mass is 10.1. The van der Waals surface area contributed by atoms with Crippen LogP contribution in [0.3, 0.4) is 0 Å². The molecule has 0 unspecified atom stereocenters. The Morgan fingerprint density at radius 1 is 0.278 bits per heavy atom. The van der Waals surface area contributed by atoms with E-state index >= 15 is 0 Å². The van der Waals surface area contributed by atoms with Crippen LogP contribution in [-0.4, -0.2) is 43.2 Å². The zero-order chi connectivity index (χ0) is 47.3. The fourth-order valence-corrected chi connectivity index (χ4v) is 10.7. The minimum Gasteiger partial charge on any atom is -0.457 e. The van der Waals surface area contributed by atoms with Gasteiger partial charge in [-0.25, -0.2) is 24.9 Å². The van der Waals surface area contributed by atoms with Crippen molar-refractivity contribution in [2.45, 2.75) is 0 Å². The molecule has 0 fully saturated rings. The van der Waals surface area contributed by atoms with Gasteiger partial charge in [0.2, 0.25) is 5.95 Å². The maximum atomic E-state index is 6.79. The number of ether oxygens (including phenoxy) is 2. The first-order valence-corrected chi connectivity index (χ1v) is 23.7. The van der Waals surface area contributed by atoms with Crippen LogP contribution < -0.4 is 9.47 Å². The number of nitrogens with zero attached hydrogens (tertiary/aromatic N) is 9. The molecule has 0 amide bonds. The number of fused-ring (bicyclic) bond motifs is 12. The fourth-order valence-electron chi connectivity index (χ4n) is 10.7. The molecule has 0 saturated carbocycles. The number of para-hydroxylation sites is 3. The summed E-state index contributed by atoms with van der Waals surface area (Å²) in [6.07, 6.45) is 9.20. The third kappa shape index (κ3) is 6.14. The van der Waals surface area contributed by atoms with Gasteiger partial charge in [0.05, 0.1) is 56.7 Å². The molecule has 0 saturated heterocycles. The summed E-state index contributed by atoms with van der Waals surface area (Å²) in [7, 11) is 0. The summed E-state index contributed by atoms with van der Waals surface area (Å²) < 4.78 is 22.2. The molecule has 0 N–H and O–H groups in total. The van der Waals surface area contributed by atoms with Gasteiger partial charge in [-0.05, 0) is 103 Å². The van der Waals surface area contributed by atoms with E-state index in [-0.39, 0.29) is 0 Å². The van der Waals surface area contributed by atoms with E-state index in [9.17, 15) is 0 Å². The van der Waals surface area contributed by atoms with Gasteiger partial charge in [0, 0.05) is 85.9 Å². The van der Waals surface area contributed by atoms with E-state index in [1.54, 1.807) is 0 Å². The molecule has 0 radical (unpaired) electrons. The minimum atomic E-state index is 0.490. The Morgan fingerprint density at radius 3 is 1.11 bits per heavy atom. The van der Waals surface area contributed by atoms with Crippen molar-refractivity contribution in [2.24, 2.45) is 0 Å². The Hall–Kier alpha value is -10.1. The first kappa shape index (κ1) is 39.8. The summed E-state index contributed by atoms with van der Waals surface area (Å²) in [5.41, 5.74) is 8.56. The lowest BCUT2D eigenvalue weighted by Crippen LogP contribution is -2.04. The molecule has 0 bridgehead atoms. The van der Waals surface area contributed by atoms with E-state index in [0.717, 1.165) is 105 Å². The van der Waals surface area contributed by atoms with Gasteiger partial charge >= 0.3 is 0 Å². The largest absolute Gasteiger partial charge is 0.457 e. The van der Waals surface area contributed by atoms with Gasteiger partial charge in [0.1, 0.15) is 40.3 Å². The summed E-state index contributed by atoms with van der Waals surface area (Å²) in [6, 6.07) is 66.0. The average molecular weight is 928 g/mol. The van der Waals surface area contributed by atoms with Gasteiger partial charge in [-0.1, -0.05) is 66.7 Å². The number of hydrogen-bond acceptors (Lipinski definition) is 7. The van der Waals surface area contributed by atoms with Crippen LogP contribution in [0.4, 0.5) is 0 Å². The summed E-state index contributed by atoms with van der Waals surface area (Å²) >= 11 is 0. The molecule has 11 nitrogen and oxygen atoms in total. The lowest BCUT2D eigenvalue weighted by Gasteiger charge is -2.11. The first-order chi connectivity index (χ1) is 35.7. The zero-order valence-corrected chi connectivity index (χ0v) is 38.2. The van der Waals surface area contributed by atoms with Crippen molar-refractivity contribution < 1.29 is 9.47 Å². The van der Waals surface area contributed by atoms with Crippen LogP contribution in [0.15, 0.2) is 225 Å². The molecule has 72 heavy (non-hydrogen) atoms. The molecular weight excluding hydrogens is 891 g/mol. The van der Waals surface area contributed by atoms with Gasteiger partial charge in [-0.15, -0.1) is 0 Å². The monoisotopic (exact) mass is 927 g/mol. The highest BCUT2D eigenvalue weighted by atomic mass is 16.5. The minimum absolute atomic E-state index is 0.490. The number of aromatic nitrogens is 9. The predicted octanol–water partition coefficient (Wildman–Crippen LogP) is 14.6. The van der Waals surface area contributed by atoms with Gasteiger partial charge in [-0.3, -0.25) is 18.3 Å². The van der Waals surface area contributed by atoms with Crippen LogP contribution >= 0.6 is 0 Å². The van der Waals surface area contributed by atoms with Crippen molar-refractivity contribution in [3.05, 3.63) is 225 Å². The molecule has 15 rings (SSSR count). The molecule has 338 valence electrons. The fraction of sp³-hybridized carbons (Fsp3) is 0. The van der Waals surface area contributed by atoms with E-state index < -0.39 is 0 Å². The highest BCUT2D eigenvalue weighted by Crippen LogP contribution is 2.41. The van der Waals surface area contributed by atoms with E-state index in [4.69, 9.17) is 34.4 Å². The summed E-state index contributed by atoms with van der Waals surface area (Å²) in [4.78, 5) is 24.5. The standard InChI is InChI=1S/C61H37N9O2/c1-5-17-52-43(12-1)46-25-21-39(32-54(46)68(52)58-19-7-9-29-62-58)71-41-23-27-48-49-28-24-42(72-40-22-26-47-44-13-2-6-18-53(44)69(55(47)33-40)59-20-8-10-30-63-59)35-57(49)70(56(48)34-41)61-65-36-38(37-66-61)67-51-16-4-3-14-45(51)50-15-11-31-64-60(50)67/h1-37H. The van der Waals surface area contributed by atoms with Crippen LogP contribution in [0.2, 0.25) is 0 Å². The molecular formula is C61H37N9O2. The predicted molar refractivity (Wildman–Crippen MR) is 286 cm³/mol. The molecule has 0 aliphatic rings. The van der Waals surface area contributed by atoms with Crippen LogP contribution in [0.1, 0.15) is 0 Å². The molecule has 0 spiro atoms. The molecule has 7 aromatic carbocycles. The van der Waals surface area contributed by atoms with Crippen molar-refractivity contribution >= 4 is 87.4 Å². The number of pyridine rings is 3. The van der Waals surface area contributed by atoms with Crippen LogP contribution in [-0.2, 0) is 0 Å². The lowest BCUT2D eigenvalue weighted by molar-refractivity contribution is 0.484. The Kier molecular flexibility index (Phi) is 8.69.